The van der Waals surface area contributed by atoms with Gasteiger partial charge >= 0.3 is 11.9 Å². The molecule has 0 amide bonds. The molecule has 2 aromatic rings. The van der Waals surface area contributed by atoms with E-state index in [0.717, 1.165) is 28.2 Å². The molecule has 0 bridgehead atoms. The number of nitriles is 1. The van der Waals surface area contributed by atoms with E-state index in [9.17, 15) is 14.9 Å². The summed E-state index contributed by atoms with van der Waals surface area (Å²) in [5.74, 6) is -0.381. The number of esters is 2. The van der Waals surface area contributed by atoms with Crippen LogP contribution in [0.5, 0.6) is 5.75 Å². The fourth-order valence-electron chi connectivity index (χ4n) is 2.44. The molecular formula is C20H22N2O5S. The quantitative estimate of drug-likeness (QED) is 0.672. The van der Waals surface area contributed by atoms with Crippen LogP contribution in [0.2, 0.25) is 0 Å². The number of carbonyl (C=O) groups excluding carboxylic acids is 2. The van der Waals surface area contributed by atoms with Gasteiger partial charge in [-0.1, -0.05) is 12.1 Å². The fraction of sp³-hybridized carbons (Fsp3) is 0.350. The van der Waals surface area contributed by atoms with E-state index in [2.05, 4.69) is 0 Å². The Morgan fingerprint density at radius 3 is 2.68 bits per heavy atom. The number of ether oxygens (including phenoxy) is 3. The maximum Gasteiger partial charge on any atom is 0.348 e. The lowest BCUT2D eigenvalue weighted by atomic mass is 10.1. The topological polar surface area (TPSA) is 112 Å². The van der Waals surface area contributed by atoms with Gasteiger partial charge < -0.3 is 19.9 Å². The van der Waals surface area contributed by atoms with Crippen LogP contribution < -0.4 is 10.5 Å². The fourth-order valence-corrected chi connectivity index (χ4v) is 3.36. The van der Waals surface area contributed by atoms with Crippen molar-refractivity contribution in [2.45, 2.75) is 33.8 Å². The van der Waals surface area contributed by atoms with Gasteiger partial charge in [-0.3, -0.25) is 4.79 Å². The first-order valence-electron chi connectivity index (χ1n) is 8.71. The van der Waals surface area contributed by atoms with Crippen molar-refractivity contribution in [3.63, 3.8) is 0 Å². The Hall–Kier alpha value is -3.05. The Bertz CT molecular complexity index is 914. The Morgan fingerprint density at radius 2 is 2.00 bits per heavy atom. The van der Waals surface area contributed by atoms with Gasteiger partial charge in [-0.2, -0.15) is 5.26 Å². The Morgan fingerprint density at radius 1 is 1.25 bits per heavy atom. The van der Waals surface area contributed by atoms with Crippen LogP contribution in [-0.4, -0.2) is 25.2 Å². The summed E-state index contributed by atoms with van der Waals surface area (Å²) < 4.78 is 15.8. The molecule has 0 atom stereocenters. The van der Waals surface area contributed by atoms with Gasteiger partial charge in [-0.15, -0.1) is 11.3 Å². The van der Waals surface area contributed by atoms with Gasteiger partial charge in [0.2, 0.25) is 0 Å². The summed E-state index contributed by atoms with van der Waals surface area (Å²) in [6, 6.07) is 7.78. The van der Waals surface area contributed by atoms with Crippen LogP contribution in [0.25, 0.3) is 0 Å². The SMILES string of the molecule is CCOC(=O)c1sc(N)c(C#N)c1COC(=O)CCOc1cc(C)ccc1C. The monoisotopic (exact) mass is 402 g/mol. The van der Waals surface area contributed by atoms with E-state index in [0.29, 0.717) is 0 Å². The molecule has 0 aliphatic heterocycles. The van der Waals surface area contributed by atoms with E-state index >= 15 is 0 Å². The number of nitrogens with zero attached hydrogens (tertiary/aromatic N) is 1. The maximum atomic E-state index is 12.0. The lowest BCUT2D eigenvalue weighted by Gasteiger charge is -2.10. The van der Waals surface area contributed by atoms with Gasteiger partial charge in [0, 0.05) is 5.56 Å². The summed E-state index contributed by atoms with van der Waals surface area (Å²) in [5.41, 5.74) is 8.24. The highest BCUT2D eigenvalue weighted by atomic mass is 32.1. The molecule has 7 nitrogen and oxygen atoms in total. The van der Waals surface area contributed by atoms with Crippen molar-refractivity contribution in [3.8, 4) is 11.8 Å². The molecule has 8 heteroatoms. The van der Waals surface area contributed by atoms with Crippen LogP contribution in [-0.2, 0) is 20.9 Å². The number of carbonyl (C=O) groups is 2. The van der Waals surface area contributed by atoms with Crippen LogP contribution in [0.1, 0.15) is 45.3 Å². The van der Waals surface area contributed by atoms with Crippen LogP contribution in [0.3, 0.4) is 0 Å². The smallest absolute Gasteiger partial charge is 0.348 e. The summed E-state index contributed by atoms with van der Waals surface area (Å²) in [4.78, 5) is 24.3. The molecule has 0 fully saturated rings. The third-order valence-electron chi connectivity index (χ3n) is 3.89. The first kappa shape index (κ1) is 21.3. The van der Waals surface area contributed by atoms with Gasteiger partial charge in [0.15, 0.2) is 0 Å². The predicted octanol–water partition coefficient (Wildman–Crippen LogP) is 3.51. The second-order valence-corrected chi connectivity index (χ2v) is 7.06. The summed E-state index contributed by atoms with van der Waals surface area (Å²) in [6.07, 6.45) is 0.0314. The van der Waals surface area contributed by atoms with Crippen LogP contribution in [0.15, 0.2) is 18.2 Å². The van der Waals surface area contributed by atoms with E-state index in [1.165, 1.54) is 0 Å². The highest BCUT2D eigenvalue weighted by Crippen LogP contribution is 2.32. The van der Waals surface area contributed by atoms with Gasteiger partial charge in [0.1, 0.15) is 28.3 Å². The molecule has 28 heavy (non-hydrogen) atoms. The number of aryl methyl sites for hydroxylation is 2. The number of benzene rings is 1. The number of nitrogen functional groups attached to an aromatic ring is 1. The number of thiophene rings is 1. The zero-order valence-corrected chi connectivity index (χ0v) is 16.9. The Kier molecular flexibility index (Phi) is 7.41. The highest BCUT2D eigenvalue weighted by Gasteiger charge is 2.23. The molecule has 0 radical (unpaired) electrons. The Labute approximate surface area is 167 Å². The van der Waals surface area contributed by atoms with Crippen molar-refractivity contribution < 1.29 is 23.8 Å². The molecule has 0 aliphatic rings. The molecule has 148 valence electrons. The molecule has 2 rings (SSSR count). The standard InChI is InChI=1S/C20H22N2O5S/c1-4-25-20(24)18-15(14(10-21)19(22)28-18)11-27-17(23)7-8-26-16-9-12(2)5-6-13(16)3/h5-6,9H,4,7-8,11,22H2,1-3H3. The molecule has 1 aromatic carbocycles. The third-order valence-corrected chi connectivity index (χ3v) is 4.93. The minimum Gasteiger partial charge on any atom is -0.493 e. The molecule has 0 unspecified atom stereocenters. The van der Waals surface area contributed by atoms with E-state index in [4.69, 9.17) is 19.9 Å². The molecule has 1 heterocycles. The zero-order valence-electron chi connectivity index (χ0n) is 16.0. The first-order chi connectivity index (χ1) is 13.4. The zero-order chi connectivity index (χ0) is 20.7. The Balaban J connectivity index is 1.96. The third kappa shape index (κ3) is 5.24. The number of nitrogens with two attached hydrogens (primary N) is 1. The number of anilines is 1. The van der Waals surface area contributed by atoms with Crippen molar-refractivity contribution in [1.82, 2.24) is 0 Å². The number of hydrogen-bond donors (Lipinski definition) is 1. The molecule has 0 spiro atoms. The second-order valence-electron chi connectivity index (χ2n) is 6.01. The first-order valence-corrected chi connectivity index (χ1v) is 9.53. The van der Waals surface area contributed by atoms with Crippen molar-refractivity contribution in [3.05, 3.63) is 45.3 Å². The second kappa shape index (κ2) is 9.76. The van der Waals surface area contributed by atoms with E-state index in [1.807, 2.05) is 38.1 Å². The van der Waals surface area contributed by atoms with Crippen molar-refractivity contribution >= 4 is 28.3 Å². The number of rotatable bonds is 8. The molecule has 2 N–H and O–H groups in total. The molecule has 0 aliphatic carbocycles. The maximum absolute atomic E-state index is 12.0. The van der Waals surface area contributed by atoms with Crippen molar-refractivity contribution in [2.24, 2.45) is 0 Å². The van der Waals surface area contributed by atoms with E-state index in [-0.39, 0.29) is 47.2 Å². The minimum absolute atomic E-state index is 0.0314. The minimum atomic E-state index is -0.593. The molecule has 0 saturated heterocycles. The largest absolute Gasteiger partial charge is 0.493 e. The van der Waals surface area contributed by atoms with Crippen LogP contribution in [0, 0.1) is 25.2 Å². The van der Waals surface area contributed by atoms with Gasteiger partial charge in [0.05, 0.1) is 25.2 Å². The summed E-state index contributed by atoms with van der Waals surface area (Å²) in [5, 5.41) is 9.46. The molecule has 1 aromatic heterocycles. The van der Waals surface area contributed by atoms with E-state index < -0.39 is 11.9 Å². The summed E-state index contributed by atoms with van der Waals surface area (Å²) in [6.45, 7) is 5.68. The van der Waals surface area contributed by atoms with Gasteiger partial charge in [-0.05, 0) is 38.0 Å². The van der Waals surface area contributed by atoms with E-state index in [1.54, 1.807) is 6.92 Å². The molecule has 0 saturated carbocycles. The van der Waals surface area contributed by atoms with Crippen molar-refractivity contribution in [2.75, 3.05) is 18.9 Å². The lowest BCUT2D eigenvalue weighted by Crippen LogP contribution is -2.12. The summed E-state index contributed by atoms with van der Waals surface area (Å²) >= 11 is 0.948. The highest BCUT2D eigenvalue weighted by molar-refractivity contribution is 7.18. The molecular weight excluding hydrogens is 380 g/mol. The van der Waals surface area contributed by atoms with Crippen LogP contribution in [0.4, 0.5) is 5.00 Å². The van der Waals surface area contributed by atoms with Gasteiger partial charge in [-0.25, -0.2) is 4.79 Å². The number of hydrogen-bond acceptors (Lipinski definition) is 8. The lowest BCUT2D eigenvalue weighted by molar-refractivity contribution is -0.145. The average molecular weight is 402 g/mol. The normalized spacial score (nSPS) is 10.2. The van der Waals surface area contributed by atoms with Crippen LogP contribution >= 0.6 is 11.3 Å². The summed E-state index contributed by atoms with van der Waals surface area (Å²) in [7, 11) is 0. The van der Waals surface area contributed by atoms with Crippen molar-refractivity contribution in [1.29, 1.82) is 5.26 Å². The predicted molar refractivity (Wildman–Crippen MR) is 105 cm³/mol. The van der Waals surface area contributed by atoms with Gasteiger partial charge in [0.25, 0.3) is 0 Å². The average Bonchev–Trinajstić information content (AvgIpc) is 2.98.